The Morgan fingerprint density at radius 1 is 1.50 bits per heavy atom. The number of carbonyl (C=O) groups excluding carboxylic acids is 1. The number of hydrogen-bond donors (Lipinski definition) is 2. The molecule has 6 heteroatoms. The molecule has 0 saturated carbocycles. The third-order valence-electron chi connectivity index (χ3n) is 2.34. The van der Waals surface area contributed by atoms with Gasteiger partial charge in [-0.1, -0.05) is 11.8 Å². The number of nitrogens with zero attached hydrogens (tertiary/aromatic N) is 1. The number of carbonyl (C=O) groups is 1. The van der Waals surface area contributed by atoms with E-state index in [2.05, 4.69) is 22.1 Å². The quantitative estimate of drug-likeness (QED) is 0.852. The fourth-order valence-electron chi connectivity index (χ4n) is 1.43. The van der Waals surface area contributed by atoms with Crippen molar-refractivity contribution in [1.29, 1.82) is 0 Å². The molecule has 0 fully saturated rings. The minimum absolute atomic E-state index is 0.0730. The third kappa shape index (κ3) is 3.63. The lowest BCUT2D eigenvalue weighted by atomic mass is 10.2. The fourth-order valence-corrected chi connectivity index (χ4v) is 1.95. The van der Waals surface area contributed by atoms with Crippen LogP contribution >= 0.6 is 11.3 Å². The second-order valence-corrected chi connectivity index (χ2v) is 4.68. The van der Waals surface area contributed by atoms with Gasteiger partial charge in [0.15, 0.2) is 0 Å². The number of thiazole rings is 1. The summed E-state index contributed by atoms with van der Waals surface area (Å²) in [6, 6.07) is 4.16. The van der Waals surface area contributed by atoms with E-state index >= 15 is 0 Å². The second-order valence-electron chi connectivity index (χ2n) is 3.79. The molecular formula is C14H11FN2O2S. The van der Waals surface area contributed by atoms with Crippen LogP contribution in [0.3, 0.4) is 0 Å². The molecule has 1 aromatic heterocycles. The minimum Gasteiger partial charge on any atom is -0.395 e. The number of anilines is 1. The molecule has 1 heterocycles. The number of nitrogens with one attached hydrogen (secondary N) is 1. The topological polar surface area (TPSA) is 62.2 Å². The van der Waals surface area contributed by atoms with Gasteiger partial charge in [-0.3, -0.25) is 9.78 Å². The first-order valence-corrected chi connectivity index (χ1v) is 6.68. The molecule has 4 nitrogen and oxygen atoms in total. The number of aliphatic hydroxyl groups excluding tert-OH is 1. The zero-order valence-corrected chi connectivity index (χ0v) is 11.2. The van der Waals surface area contributed by atoms with Crippen molar-refractivity contribution in [2.24, 2.45) is 0 Å². The molecule has 0 bridgehead atoms. The Hall–Kier alpha value is -2.23. The first-order valence-electron chi connectivity index (χ1n) is 5.80. The maximum absolute atomic E-state index is 13.5. The van der Waals surface area contributed by atoms with Crippen LogP contribution in [0.2, 0.25) is 0 Å². The molecule has 102 valence electrons. The van der Waals surface area contributed by atoms with Gasteiger partial charge in [0.2, 0.25) is 0 Å². The largest absolute Gasteiger partial charge is 0.395 e. The number of amides is 1. The fraction of sp³-hybridized carbons (Fsp3) is 0.143. The number of aliphatic hydroxyl groups is 1. The van der Waals surface area contributed by atoms with Gasteiger partial charge in [0.05, 0.1) is 23.9 Å². The molecule has 2 aromatic rings. The third-order valence-corrected chi connectivity index (χ3v) is 3.11. The van der Waals surface area contributed by atoms with Crippen LogP contribution in [0, 0.1) is 17.7 Å². The molecule has 0 aliphatic rings. The Labute approximate surface area is 119 Å². The van der Waals surface area contributed by atoms with Crippen LogP contribution in [0.4, 0.5) is 10.1 Å². The van der Waals surface area contributed by atoms with E-state index in [1.807, 2.05) is 0 Å². The lowest BCUT2D eigenvalue weighted by Gasteiger charge is -2.04. The van der Waals surface area contributed by atoms with Crippen LogP contribution in [-0.2, 0) is 0 Å². The molecule has 1 amide bonds. The summed E-state index contributed by atoms with van der Waals surface area (Å²) in [6.45, 7) is -0.0730. The van der Waals surface area contributed by atoms with E-state index in [-0.39, 0.29) is 24.5 Å². The molecule has 0 unspecified atom stereocenters. The summed E-state index contributed by atoms with van der Waals surface area (Å²) in [7, 11) is 0. The summed E-state index contributed by atoms with van der Waals surface area (Å²) < 4.78 is 13.5. The molecule has 0 atom stereocenters. The summed E-state index contributed by atoms with van der Waals surface area (Å²) >= 11 is 1.22. The summed E-state index contributed by atoms with van der Waals surface area (Å²) in [6.07, 6.45) is 1.74. The lowest BCUT2D eigenvalue weighted by Crippen LogP contribution is -2.10. The lowest BCUT2D eigenvalue weighted by molar-refractivity contribution is 0.103. The summed E-state index contributed by atoms with van der Waals surface area (Å²) in [5.74, 6) is 4.49. The average molecular weight is 290 g/mol. The Balaban J connectivity index is 2.15. The molecule has 2 rings (SSSR count). The van der Waals surface area contributed by atoms with Crippen LogP contribution in [0.1, 0.15) is 21.7 Å². The van der Waals surface area contributed by atoms with Gasteiger partial charge in [-0.2, -0.15) is 0 Å². The Bertz CT molecular complexity index is 660. The molecule has 2 N–H and O–H groups in total. The molecule has 0 saturated heterocycles. The normalized spacial score (nSPS) is 9.70. The van der Waals surface area contributed by atoms with Crippen LogP contribution in [0.25, 0.3) is 0 Å². The van der Waals surface area contributed by atoms with Gasteiger partial charge in [-0.15, -0.1) is 11.3 Å². The number of halogens is 1. The van der Waals surface area contributed by atoms with Crippen molar-refractivity contribution in [2.75, 3.05) is 11.9 Å². The van der Waals surface area contributed by atoms with Crippen molar-refractivity contribution in [2.45, 2.75) is 6.42 Å². The first kappa shape index (κ1) is 14.2. The minimum atomic E-state index is -0.466. The number of aromatic nitrogens is 1. The first-order chi connectivity index (χ1) is 9.70. The van der Waals surface area contributed by atoms with Crippen molar-refractivity contribution in [1.82, 2.24) is 4.98 Å². The maximum atomic E-state index is 13.5. The van der Waals surface area contributed by atoms with Gasteiger partial charge in [-0.25, -0.2) is 4.39 Å². The van der Waals surface area contributed by atoms with Crippen molar-refractivity contribution < 1.29 is 14.3 Å². The van der Waals surface area contributed by atoms with E-state index in [0.29, 0.717) is 10.6 Å². The van der Waals surface area contributed by atoms with Gasteiger partial charge < -0.3 is 10.4 Å². The SMILES string of the molecule is O=C(Nc1ccc(F)c(C#CCCO)c1)c1cncs1. The van der Waals surface area contributed by atoms with Gasteiger partial charge in [0.25, 0.3) is 5.91 Å². The molecule has 0 aliphatic heterocycles. The highest BCUT2D eigenvalue weighted by molar-refractivity contribution is 7.11. The van der Waals surface area contributed by atoms with Crippen LogP contribution in [0.5, 0.6) is 0 Å². The van der Waals surface area contributed by atoms with Gasteiger partial charge in [0, 0.05) is 12.1 Å². The summed E-state index contributed by atoms with van der Waals surface area (Å²) in [4.78, 5) is 16.1. The van der Waals surface area contributed by atoms with Crippen molar-refractivity contribution in [3.05, 3.63) is 46.2 Å². The van der Waals surface area contributed by atoms with E-state index in [0.717, 1.165) is 0 Å². The number of rotatable bonds is 3. The van der Waals surface area contributed by atoms with E-state index in [4.69, 9.17) is 5.11 Å². The standard InChI is InChI=1S/C14H11FN2O2S/c15-12-5-4-11(7-10(12)3-1-2-6-18)17-14(19)13-8-16-9-20-13/h4-5,7-9,18H,2,6H2,(H,17,19). The molecule has 1 aromatic carbocycles. The molecule has 20 heavy (non-hydrogen) atoms. The second kappa shape index (κ2) is 6.80. The van der Waals surface area contributed by atoms with Crippen LogP contribution in [-0.4, -0.2) is 22.6 Å². The highest BCUT2D eigenvalue weighted by atomic mass is 32.1. The molecule has 0 radical (unpaired) electrons. The number of benzene rings is 1. The van der Waals surface area contributed by atoms with Gasteiger partial charge in [0.1, 0.15) is 10.7 Å². The van der Waals surface area contributed by atoms with E-state index < -0.39 is 5.82 Å². The zero-order chi connectivity index (χ0) is 14.4. The maximum Gasteiger partial charge on any atom is 0.267 e. The predicted molar refractivity (Wildman–Crippen MR) is 75.0 cm³/mol. The van der Waals surface area contributed by atoms with Crippen molar-refractivity contribution in [3.8, 4) is 11.8 Å². The van der Waals surface area contributed by atoms with Gasteiger partial charge >= 0.3 is 0 Å². The zero-order valence-electron chi connectivity index (χ0n) is 10.4. The summed E-state index contributed by atoms with van der Waals surface area (Å²) in [5.41, 5.74) is 2.20. The predicted octanol–water partition coefficient (Wildman–Crippen LogP) is 2.27. The highest BCUT2D eigenvalue weighted by Gasteiger charge is 2.09. The van der Waals surface area contributed by atoms with Crippen molar-refractivity contribution in [3.63, 3.8) is 0 Å². The molecule has 0 aliphatic carbocycles. The van der Waals surface area contributed by atoms with Crippen LogP contribution in [0.15, 0.2) is 29.9 Å². The highest BCUT2D eigenvalue weighted by Crippen LogP contribution is 2.16. The smallest absolute Gasteiger partial charge is 0.267 e. The monoisotopic (exact) mass is 290 g/mol. The van der Waals surface area contributed by atoms with Crippen LogP contribution < -0.4 is 5.32 Å². The Morgan fingerprint density at radius 2 is 2.35 bits per heavy atom. The summed E-state index contributed by atoms with van der Waals surface area (Å²) in [5, 5.41) is 11.3. The van der Waals surface area contributed by atoms with E-state index in [1.54, 1.807) is 5.51 Å². The molecule has 0 spiro atoms. The van der Waals surface area contributed by atoms with Gasteiger partial charge in [-0.05, 0) is 18.2 Å². The van der Waals surface area contributed by atoms with E-state index in [1.165, 1.54) is 35.7 Å². The van der Waals surface area contributed by atoms with Crippen molar-refractivity contribution >= 4 is 22.9 Å². The van der Waals surface area contributed by atoms with E-state index in [9.17, 15) is 9.18 Å². The Kier molecular flexibility index (Phi) is 4.82. The number of hydrogen-bond acceptors (Lipinski definition) is 4. The average Bonchev–Trinajstić information content (AvgIpc) is 2.96. The Morgan fingerprint density at radius 3 is 3.05 bits per heavy atom. The molecular weight excluding hydrogens is 279 g/mol.